The summed E-state index contributed by atoms with van der Waals surface area (Å²) >= 11 is 0. The van der Waals surface area contributed by atoms with Gasteiger partial charge in [-0.25, -0.2) is 4.39 Å². The first-order valence-corrected chi connectivity index (χ1v) is 4.70. The lowest BCUT2D eigenvalue weighted by atomic mass is 10.0. The topological polar surface area (TPSA) is 30.0 Å². The largest absolute Gasteiger partial charge is 0.299 e. The minimum Gasteiger partial charge on any atom is -0.299 e. The highest BCUT2D eigenvalue weighted by molar-refractivity contribution is 5.80. The molecule has 0 radical (unpaired) electrons. The van der Waals surface area contributed by atoms with Crippen LogP contribution in [0.15, 0.2) is 18.3 Å². The second-order valence-corrected chi connectivity index (χ2v) is 3.75. The van der Waals surface area contributed by atoms with Gasteiger partial charge in [-0.3, -0.25) is 9.78 Å². The quantitative estimate of drug-likeness (QED) is 0.738. The number of ketones is 1. The minimum absolute atomic E-state index is 0.0394. The van der Waals surface area contributed by atoms with Crippen molar-refractivity contribution in [2.45, 2.75) is 26.7 Å². The van der Waals surface area contributed by atoms with Crippen molar-refractivity contribution < 1.29 is 9.18 Å². The Hall–Kier alpha value is -1.25. The molecule has 2 nitrogen and oxygen atoms in total. The van der Waals surface area contributed by atoms with Gasteiger partial charge in [-0.05, 0) is 18.1 Å². The summed E-state index contributed by atoms with van der Waals surface area (Å²) in [5.41, 5.74) is 0.248. The molecule has 0 bridgehead atoms. The molecule has 0 aliphatic heterocycles. The number of rotatable bonds is 4. The van der Waals surface area contributed by atoms with Crippen LogP contribution in [-0.4, -0.2) is 10.8 Å². The molecule has 3 heteroatoms. The smallest absolute Gasteiger partial charge is 0.145 e. The maximum absolute atomic E-state index is 13.1. The fourth-order valence-electron chi connectivity index (χ4n) is 1.26. The number of carbonyl (C=O) groups is 1. The SMILES string of the molecule is CC(C)CC(=O)Cc1ncccc1F. The van der Waals surface area contributed by atoms with Gasteiger partial charge in [0.15, 0.2) is 0 Å². The van der Waals surface area contributed by atoms with E-state index < -0.39 is 5.82 Å². The molecule has 0 aromatic carbocycles. The monoisotopic (exact) mass is 195 g/mol. The van der Waals surface area contributed by atoms with Gasteiger partial charge < -0.3 is 0 Å². The van der Waals surface area contributed by atoms with E-state index in [9.17, 15) is 9.18 Å². The second-order valence-electron chi connectivity index (χ2n) is 3.75. The zero-order valence-corrected chi connectivity index (χ0v) is 8.46. The Morgan fingerprint density at radius 1 is 1.57 bits per heavy atom. The summed E-state index contributed by atoms with van der Waals surface area (Å²) in [7, 11) is 0. The van der Waals surface area contributed by atoms with Gasteiger partial charge in [-0.2, -0.15) is 0 Å². The highest BCUT2D eigenvalue weighted by Crippen LogP contribution is 2.08. The Kier molecular flexibility index (Phi) is 3.74. The standard InChI is InChI=1S/C11H14FNO/c1-8(2)6-9(14)7-11-10(12)4-3-5-13-11/h3-5,8H,6-7H2,1-2H3. The van der Waals surface area contributed by atoms with E-state index in [1.165, 1.54) is 18.3 Å². The van der Waals surface area contributed by atoms with E-state index in [4.69, 9.17) is 0 Å². The van der Waals surface area contributed by atoms with Crippen LogP contribution in [-0.2, 0) is 11.2 Å². The van der Waals surface area contributed by atoms with Crippen molar-refractivity contribution in [3.63, 3.8) is 0 Å². The molecule has 0 aliphatic carbocycles. The summed E-state index contributed by atoms with van der Waals surface area (Å²) < 4.78 is 13.1. The van der Waals surface area contributed by atoms with Crippen molar-refractivity contribution in [3.05, 3.63) is 29.8 Å². The average Bonchev–Trinajstić information content (AvgIpc) is 2.07. The minimum atomic E-state index is -0.399. The number of Topliss-reactive ketones (excluding diaryl/α,β-unsaturated/α-hetero) is 1. The molecule has 0 spiro atoms. The third-order valence-electron chi connectivity index (χ3n) is 1.84. The van der Waals surface area contributed by atoms with Crippen molar-refractivity contribution in [1.29, 1.82) is 0 Å². The Morgan fingerprint density at radius 2 is 2.29 bits per heavy atom. The summed E-state index contributed by atoms with van der Waals surface area (Å²) in [6.45, 7) is 3.93. The van der Waals surface area contributed by atoms with E-state index in [2.05, 4.69) is 4.98 Å². The Labute approximate surface area is 83.2 Å². The number of carbonyl (C=O) groups excluding carboxylic acids is 1. The first kappa shape index (κ1) is 10.8. The summed E-state index contributed by atoms with van der Waals surface area (Å²) in [5.74, 6) is -0.0449. The van der Waals surface area contributed by atoms with Crippen LogP contribution in [0.2, 0.25) is 0 Å². The number of hydrogen-bond acceptors (Lipinski definition) is 2. The van der Waals surface area contributed by atoms with Crippen LogP contribution < -0.4 is 0 Å². The maximum Gasteiger partial charge on any atom is 0.145 e. The van der Waals surface area contributed by atoms with Crippen LogP contribution in [0.5, 0.6) is 0 Å². The zero-order chi connectivity index (χ0) is 10.6. The van der Waals surface area contributed by atoms with Gasteiger partial charge in [-0.15, -0.1) is 0 Å². The third kappa shape index (κ3) is 3.24. The van der Waals surface area contributed by atoms with Crippen LogP contribution in [0.1, 0.15) is 26.0 Å². The molecule has 14 heavy (non-hydrogen) atoms. The van der Waals surface area contributed by atoms with E-state index in [0.29, 0.717) is 12.3 Å². The van der Waals surface area contributed by atoms with Crippen LogP contribution in [0.25, 0.3) is 0 Å². The molecule has 0 saturated heterocycles. The highest BCUT2D eigenvalue weighted by Gasteiger charge is 2.10. The van der Waals surface area contributed by atoms with Gasteiger partial charge in [-0.1, -0.05) is 13.8 Å². The van der Waals surface area contributed by atoms with E-state index in [-0.39, 0.29) is 17.9 Å². The lowest BCUT2D eigenvalue weighted by Gasteiger charge is -2.03. The van der Waals surface area contributed by atoms with Crippen molar-refractivity contribution in [3.8, 4) is 0 Å². The number of halogens is 1. The van der Waals surface area contributed by atoms with Crippen molar-refractivity contribution in [2.75, 3.05) is 0 Å². The molecule has 1 heterocycles. The van der Waals surface area contributed by atoms with Gasteiger partial charge in [0.2, 0.25) is 0 Å². The molecule has 0 aliphatic rings. The molecule has 0 saturated carbocycles. The number of pyridine rings is 1. The molecule has 0 atom stereocenters. The number of aromatic nitrogens is 1. The molecule has 0 unspecified atom stereocenters. The summed E-state index contributed by atoms with van der Waals surface area (Å²) in [4.78, 5) is 15.2. The van der Waals surface area contributed by atoms with Gasteiger partial charge in [0.1, 0.15) is 11.6 Å². The normalized spacial score (nSPS) is 10.6. The second kappa shape index (κ2) is 4.84. The lowest BCUT2D eigenvalue weighted by molar-refractivity contribution is -0.119. The molecule has 0 N–H and O–H groups in total. The molecule has 76 valence electrons. The number of nitrogens with zero attached hydrogens (tertiary/aromatic N) is 1. The highest BCUT2D eigenvalue weighted by atomic mass is 19.1. The first-order valence-electron chi connectivity index (χ1n) is 4.70. The number of hydrogen-bond donors (Lipinski definition) is 0. The fraction of sp³-hybridized carbons (Fsp3) is 0.455. The predicted octanol–water partition coefficient (Wildman–Crippen LogP) is 2.38. The van der Waals surface area contributed by atoms with Gasteiger partial charge in [0.05, 0.1) is 12.1 Å². The molecular formula is C11H14FNO. The third-order valence-corrected chi connectivity index (χ3v) is 1.84. The summed E-state index contributed by atoms with van der Waals surface area (Å²) in [6, 6.07) is 2.84. The van der Waals surface area contributed by atoms with Crippen LogP contribution >= 0.6 is 0 Å². The van der Waals surface area contributed by atoms with E-state index >= 15 is 0 Å². The fourth-order valence-corrected chi connectivity index (χ4v) is 1.26. The molecular weight excluding hydrogens is 181 g/mol. The molecule has 1 rings (SSSR count). The first-order chi connectivity index (χ1) is 6.59. The van der Waals surface area contributed by atoms with Crippen molar-refractivity contribution in [1.82, 2.24) is 4.98 Å². The zero-order valence-electron chi connectivity index (χ0n) is 8.46. The Bertz CT molecular complexity index is 323. The van der Waals surface area contributed by atoms with E-state index in [1.54, 1.807) is 0 Å². The average molecular weight is 195 g/mol. The van der Waals surface area contributed by atoms with Crippen molar-refractivity contribution >= 4 is 5.78 Å². The molecule has 0 fully saturated rings. The van der Waals surface area contributed by atoms with Crippen LogP contribution in [0.3, 0.4) is 0 Å². The van der Waals surface area contributed by atoms with E-state index in [1.807, 2.05) is 13.8 Å². The Morgan fingerprint density at radius 3 is 2.86 bits per heavy atom. The summed E-state index contributed by atoms with van der Waals surface area (Å²) in [6.07, 6.45) is 2.09. The van der Waals surface area contributed by atoms with Crippen LogP contribution in [0, 0.1) is 11.7 Å². The van der Waals surface area contributed by atoms with Gasteiger partial charge in [0.25, 0.3) is 0 Å². The molecule has 1 aromatic rings. The van der Waals surface area contributed by atoms with Gasteiger partial charge in [0, 0.05) is 12.6 Å². The molecule has 0 amide bonds. The summed E-state index contributed by atoms with van der Waals surface area (Å²) in [5, 5.41) is 0. The molecule has 1 aromatic heterocycles. The maximum atomic E-state index is 13.1. The Balaban J connectivity index is 2.61. The van der Waals surface area contributed by atoms with E-state index in [0.717, 1.165) is 0 Å². The van der Waals surface area contributed by atoms with Crippen LogP contribution in [0.4, 0.5) is 4.39 Å². The van der Waals surface area contributed by atoms with Gasteiger partial charge >= 0.3 is 0 Å². The lowest BCUT2D eigenvalue weighted by Crippen LogP contribution is -2.08. The van der Waals surface area contributed by atoms with Crippen molar-refractivity contribution in [2.24, 2.45) is 5.92 Å². The predicted molar refractivity (Wildman–Crippen MR) is 52.4 cm³/mol.